The van der Waals surface area contributed by atoms with E-state index in [0.717, 1.165) is 5.56 Å². The van der Waals surface area contributed by atoms with Gasteiger partial charge in [0.2, 0.25) is 0 Å². The minimum atomic E-state index is -0.498. The van der Waals surface area contributed by atoms with Crippen molar-refractivity contribution in [1.82, 2.24) is 0 Å². The lowest BCUT2D eigenvalue weighted by Crippen LogP contribution is -2.05. The summed E-state index contributed by atoms with van der Waals surface area (Å²) in [7, 11) is 0. The minimum Gasteiger partial charge on any atom is -0.507 e. The van der Waals surface area contributed by atoms with Gasteiger partial charge in [0.15, 0.2) is 0 Å². The molecule has 0 saturated heterocycles. The Morgan fingerprint density at radius 2 is 1.69 bits per heavy atom. The van der Waals surface area contributed by atoms with E-state index in [-0.39, 0.29) is 11.3 Å². The van der Waals surface area contributed by atoms with Gasteiger partial charge in [0.05, 0.1) is 5.56 Å². The van der Waals surface area contributed by atoms with E-state index < -0.39 is 5.63 Å². The maximum absolute atomic E-state index is 11.5. The molecule has 0 unspecified atom stereocenters. The van der Waals surface area contributed by atoms with E-state index in [2.05, 4.69) is 0 Å². The fraction of sp³-hybridized carbons (Fsp3) is 0.154. The van der Waals surface area contributed by atoms with Crippen LogP contribution in [0.5, 0.6) is 5.75 Å². The number of rotatable bonds is 1. The van der Waals surface area contributed by atoms with Crippen molar-refractivity contribution in [2.24, 2.45) is 0 Å². The average Bonchev–Trinajstić information content (AvgIpc) is 2.32. The number of benzene rings is 1. The molecule has 0 aliphatic rings. The van der Waals surface area contributed by atoms with E-state index in [1.54, 1.807) is 13.8 Å². The van der Waals surface area contributed by atoms with Gasteiger partial charge in [0.25, 0.3) is 0 Å². The van der Waals surface area contributed by atoms with Gasteiger partial charge in [-0.3, -0.25) is 0 Å². The second-order valence-electron chi connectivity index (χ2n) is 3.68. The van der Waals surface area contributed by atoms with E-state index in [1.807, 2.05) is 30.3 Å². The fourth-order valence-electron chi connectivity index (χ4n) is 1.60. The Bertz CT molecular complexity index is 568. The Labute approximate surface area is 93.0 Å². The molecule has 16 heavy (non-hydrogen) atoms. The summed E-state index contributed by atoms with van der Waals surface area (Å²) in [4.78, 5) is 11.5. The van der Waals surface area contributed by atoms with Crippen LogP contribution in [-0.4, -0.2) is 5.11 Å². The summed E-state index contributed by atoms with van der Waals surface area (Å²) in [5.74, 6) is 0.434. The highest BCUT2D eigenvalue weighted by molar-refractivity contribution is 5.64. The highest BCUT2D eigenvalue weighted by Crippen LogP contribution is 2.29. The van der Waals surface area contributed by atoms with E-state index in [9.17, 15) is 9.90 Å². The second kappa shape index (κ2) is 3.85. The maximum Gasteiger partial charge on any atom is 0.342 e. The van der Waals surface area contributed by atoms with Gasteiger partial charge >= 0.3 is 5.63 Å². The van der Waals surface area contributed by atoms with Crippen LogP contribution in [0.1, 0.15) is 11.1 Å². The highest BCUT2D eigenvalue weighted by atomic mass is 16.4. The molecule has 0 bridgehead atoms. The minimum absolute atomic E-state index is 0.00935. The molecule has 1 aromatic carbocycles. The van der Waals surface area contributed by atoms with Crippen LogP contribution < -0.4 is 5.63 Å². The lowest BCUT2D eigenvalue weighted by atomic mass is 10.1. The van der Waals surface area contributed by atoms with Crippen molar-refractivity contribution < 1.29 is 9.52 Å². The van der Waals surface area contributed by atoms with Crippen molar-refractivity contribution in [1.29, 1.82) is 0 Å². The first kappa shape index (κ1) is 10.5. The molecule has 0 saturated carbocycles. The molecular weight excluding hydrogens is 204 g/mol. The van der Waals surface area contributed by atoms with Gasteiger partial charge in [-0.05, 0) is 13.8 Å². The normalized spacial score (nSPS) is 10.4. The zero-order valence-electron chi connectivity index (χ0n) is 9.15. The van der Waals surface area contributed by atoms with Crippen LogP contribution in [-0.2, 0) is 0 Å². The van der Waals surface area contributed by atoms with Gasteiger partial charge in [0.1, 0.15) is 11.5 Å². The van der Waals surface area contributed by atoms with Gasteiger partial charge in [0, 0.05) is 11.1 Å². The molecule has 0 fully saturated rings. The highest BCUT2D eigenvalue weighted by Gasteiger charge is 2.13. The molecule has 0 radical (unpaired) electrons. The fourth-order valence-corrected chi connectivity index (χ4v) is 1.60. The SMILES string of the molecule is Cc1c(-c2ccccc2)oc(=O)c(C)c1O. The lowest BCUT2D eigenvalue weighted by molar-refractivity contribution is 0.439. The van der Waals surface area contributed by atoms with Gasteiger partial charge in [-0.1, -0.05) is 30.3 Å². The summed E-state index contributed by atoms with van der Waals surface area (Å²) in [5.41, 5.74) is 1.12. The molecule has 1 N–H and O–H groups in total. The summed E-state index contributed by atoms with van der Waals surface area (Å²) in [6.07, 6.45) is 0. The van der Waals surface area contributed by atoms with Gasteiger partial charge in [-0.25, -0.2) is 4.79 Å². The van der Waals surface area contributed by atoms with Crippen LogP contribution >= 0.6 is 0 Å². The zero-order valence-corrected chi connectivity index (χ0v) is 9.15. The summed E-state index contributed by atoms with van der Waals surface area (Å²) in [6, 6.07) is 9.25. The van der Waals surface area contributed by atoms with Gasteiger partial charge < -0.3 is 9.52 Å². The third-order valence-electron chi connectivity index (χ3n) is 2.59. The van der Waals surface area contributed by atoms with Crippen molar-refractivity contribution in [3.8, 4) is 17.1 Å². The molecule has 0 atom stereocenters. The Balaban J connectivity index is 2.73. The van der Waals surface area contributed by atoms with Crippen LogP contribution in [0.2, 0.25) is 0 Å². The topological polar surface area (TPSA) is 50.4 Å². The molecular formula is C13H12O3. The first-order valence-electron chi connectivity index (χ1n) is 5.00. The third kappa shape index (κ3) is 1.60. The van der Waals surface area contributed by atoms with Crippen LogP contribution in [0.3, 0.4) is 0 Å². The maximum atomic E-state index is 11.5. The quantitative estimate of drug-likeness (QED) is 0.797. The largest absolute Gasteiger partial charge is 0.507 e. The molecule has 0 aliphatic carbocycles. The van der Waals surface area contributed by atoms with Crippen molar-refractivity contribution in [3.05, 3.63) is 51.9 Å². The molecule has 2 aromatic rings. The molecule has 0 amide bonds. The monoisotopic (exact) mass is 216 g/mol. The van der Waals surface area contributed by atoms with Crippen molar-refractivity contribution in [2.75, 3.05) is 0 Å². The molecule has 3 nitrogen and oxygen atoms in total. The van der Waals surface area contributed by atoms with Crippen LogP contribution in [0.15, 0.2) is 39.5 Å². The Morgan fingerprint density at radius 3 is 2.31 bits per heavy atom. The molecule has 82 valence electrons. The number of hydrogen-bond donors (Lipinski definition) is 1. The third-order valence-corrected chi connectivity index (χ3v) is 2.59. The lowest BCUT2D eigenvalue weighted by Gasteiger charge is -2.07. The summed E-state index contributed by atoms with van der Waals surface area (Å²) >= 11 is 0. The van der Waals surface area contributed by atoms with Crippen LogP contribution in [0.4, 0.5) is 0 Å². The van der Waals surface area contributed by atoms with Crippen molar-refractivity contribution >= 4 is 0 Å². The molecule has 3 heteroatoms. The molecule has 0 spiro atoms. The molecule has 1 heterocycles. The predicted molar refractivity (Wildman–Crippen MR) is 61.6 cm³/mol. The Morgan fingerprint density at radius 1 is 1.06 bits per heavy atom. The van der Waals surface area contributed by atoms with Gasteiger partial charge in [-0.2, -0.15) is 0 Å². The average molecular weight is 216 g/mol. The van der Waals surface area contributed by atoms with E-state index in [4.69, 9.17) is 4.42 Å². The zero-order chi connectivity index (χ0) is 11.7. The van der Waals surface area contributed by atoms with Crippen LogP contribution in [0.25, 0.3) is 11.3 Å². The molecule has 1 aromatic heterocycles. The number of aromatic hydroxyl groups is 1. The van der Waals surface area contributed by atoms with E-state index >= 15 is 0 Å². The Kier molecular flexibility index (Phi) is 2.52. The second-order valence-corrected chi connectivity index (χ2v) is 3.68. The van der Waals surface area contributed by atoms with E-state index in [1.165, 1.54) is 0 Å². The first-order chi connectivity index (χ1) is 7.61. The van der Waals surface area contributed by atoms with Crippen molar-refractivity contribution in [2.45, 2.75) is 13.8 Å². The first-order valence-corrected chi connectivity index (χ1v) is 5.00. The predicted octanol–water partition coefficient (Wildman–Crippen LogP) is 2.63. The molecule has 2 rings (SSSR count). The molecule has 0 aliphatic heterocycles. The standard InChI is InChI=1S/C13H12O3/c1-8-11(14)9(2)13(15)16-12(8)10-6-4-3-5-7-10/h3-7,14H,1-2H3. The summed E-state index contributed by atoms with van der Waals surface area (Å²) in [5, 5.41) is 9.77. The van der Waals surface area contributed by atoms with Crippen LogP contribution in [0, 0.1) is 13.8 Å². The smallest absolute Gasteiger partial charge is 0.342 e. The van der Waals surface area contributed by atoms with Gasteiger partial charge in [-0.15, -0.1) is 0 Å². The number of hydrogen-bond acceptors (Lipinski definition) is 3. The summed E-state index contributed by atoms with van der Waals surface area (Å²) in [6.45, 7) is 3.27. The Hall–Kier alpha value is -2.03. The van der Waals surface area contributed by atoms with Crippen molar-refractivity contribution in [3.63, 3.8) is 0 Å². The van der Waals surface area contributed by atoms with E-state index in [0.29, 0.717) is 11.3 Å². The summed E-state index contributed by atoms with van der Waals surface area (Å²) < 4.78 is 5.19.